The molecule has 0 saturated carbocycles. The number of hydrogen-bond acceptors (Lipinski definition) is 3. The van der Waals surface area contributed by atoms with E-state index in [-0.39, 0.29) is 0 Å². The minimum atomic E-state index is 1.04. The van der Waals surface area contributed by atoms with Gasteiger partial charge in [-0.05, 0) is 55.7 Å². The van der Waals surface area contributed by atoms with Crippen LogP contribution >= 0.6 is 11.3 Å². The molecular formula is C17H22N2S. The van der Waals surface area contributed by atoms with E-state index in [2.05, 4.69) is 35.8 Å². The summed E-state index contributed by atoms with van der Waals surface area (Å²) < 4.78 is 0. The fourth-order valence-electron chi connectivity index (χ4n) is 2.85. The number of fused-ring (bicyclic) bond motifs is 1. The van der Waals surface area contributed by atoms with Crippen LogP contribution in [0.5, 0.6) is 0 Å². The van der Waals surface area contributed by atoms with E-state index in [4.69, 9.17) is 4.98 Å². The molecule has 0 bridgehead atoms. The Balaban J connectivity index is 1.76. The summed E-state index contributed by atoms with van der Waals surface area (Å²) in [5.41, 5.74) is 5.51. The lowest BCUT2D eigenvalue weighted by Crippen LogP contribution is -2.06. The largest absolute Gasteiger partial charge is 0.331 e. The Morgan fingerprint density at radius 3 is 3.05 bits per heavy atom. The molecule has 3 rings (SSSR count). The minimum Gasteiger partial charge on any atom is -0.331 e. The van der Waals surface area contributed by atoms with Crippen molar-refractivity contribution in [3.05, 3.63) is 40.4 Å². The maximum absolute atomic E-state index is 4.70. The molecule has 20 heavy (non-hydrogen) atoms. The van der Waals surface area contributed by atoms with Gasteiger partial charge in [-0.15, -0.1) is 11.3 Å². The molecule has 0 amide bonds. The Labute approximate surface area is 125 Å². The van der Waals surface area contributed by atoms with Crippen molar-refractivity contribution in [3.63, 3.8) is 0 Å². The van der Waals surface area contributed by atoms with Gasteiger partial charge in [-0.3, -0.25) is 0 Å². The van der Waals surface area contributed by atoms with Crippen LogP contribution < -0.4 is 5.32 Å². The van der Waals surface area contributed by atoms with Crippen LogP contribution in [0.4, 0.5) is 10.8 Å². The first kappa shape index (κ1) is 13.6. The van der Waals surface area contributed by atoms with Gasteiger partial charge < -0.3 is 5.32 Å². The normalized spacial score (nSPS) is 14.1. The van der Waals surface area contributed by atoms with Gasteiger partial charge in [0, 0.05) is 11.1 Å². The molecular weight excluding hydrogens is 264 g/mol. The van der Waals surface area contributed by atoms with Gasteiger partial charge >= 0.3 is 0 Å². The van der Waals surface area contributed by atoms with E-state index in [0.717, 1.165) is 11.6 Å². The quantitative estimate of drug-likeness (QED) is 0.826. The third-order valence-corrected chi connectivity index (χ3v) is 4.78. The molecule has 0 aliphatic heterocycles. The summed E-state index contributed by atoms with van der Waals surface area (Å²) in [5, 5.41) is 6.76. The van der Waals surface area contributed by atoms with E-state index in [1.165, 1.54) is 61.0 Å². The van der Waals surface area contributed by atoms with Crippen molar-refractivity contribution in [2.75, 3.05) is 5.32 Å². The molecule has 2 nitrogen and oxygen atoms in total. The fourth-order valence-corrected chi connectivity index (χ4v) is 3.61. The molecule has 106 valence electrons. The maximum atomic E-state index is 4.70. The van der Waals surface area contributed by atoms with Crippen molar-refractivity contribution >= 4 is 22.2 Å². The lowest BCUT2D eigenvalue weighted by atomic mass is 9.90. The first-order chi connectivity index (χ1) is 9.86. The predicted octanol–water partition coefficient (Wildman–Crippen LogP) is 5.11. The molecule has 1 N–H and O–H groups in total. The van der Waals surface area contributed by atoms with Crippen LogP contribution in [0.1, 0.15) is 49.4 Å². The van der Waals surface area contributed by atoms with E-state index >= 15 is 0 Å². The van der Waals surface area contributed by atoms with E-state index in [9.17, 15) is 0 Å². The summed E-state index contributed by atoms with van der Waals surface area (Å²) in [6.07, 6.45) is 8.62. The van der Waals surface area contributed by atoms with Crippen molar-refractivity contribution in [1.82, 2.24) is 4.98 Å². The van der Waals surface area contributed by atoms with Crippen molar-refractivity contribution in [2.24, 2.45) is 0 Å². The van der Waals surface area contributed by atoms with Gasteiger partial charge in [0.1, 0.15) is 0 Å². The number of thiazole rings is 1. The zero-order chi connectivity index (χ0) is 13.8. The highest BCUT2D eigenvalue weighted by atomic mass is 32.1. The monoisotopic (exact) mass is 286 g/mol. The summed E-state index contributed by atoms with van der Waals surface area (Å²) in [6.45, 7) is 2.22. The molecule has 1 aliphatic rings. The fraction of sp³-hybridized carbons (Fsp3) is 0.471. The molecule has 0 atom stereocenters. The third kappa shape index (κ3) is 3.04. The Kier molecular flexibility index (Phi) is 4.36. The van der Waals surface area contributed by atoms with E-state index in [1.807, 2.05) is 0 Å². The average Bonchev–Trinajstić information content (AvgIpc) is 2.93. The number of anilines is 2. The van der Waals surface area contributed by atoms with E-state index < -0.39 is 0 Å². The van der Waals surface area contributed by atoms with Gasteiger partial charge in [0.25, 0.3) is 0 Å². The zero-order valence-corrected chi connectivity index (χ0v) is 12.9. The number of nitrogens with one attached hydrogen (secondary N) is 1. The van der Waals surface area contributed by atoms with Crippen molar-refractivity contribution in [2.45, 2.75) is 51.9 Å². The molecule has 1 heterocycles. The molecule has 1 aromatic heterocycles. The number of nitrogens with zero attached hydrogens (tertiary/aromatic N) is 1. The zero-order valence-electron chi connectivity index (χ0n) is 12.1. The molecule has 0 unspecified atom stereocenters. The molecule has 0 radical (unpaired) electrons. The smallest absolute Gasteiger partial charge is 0.187 e. The predicted molar refractivity (Wildman–Crippen MR) is 87.1 cm³/mol. The molecule has 3 heteroatoms. The van der Waals surface area contributed by atoms with Crippen LogP contribution in [0.15, 0.2) is 23.6 Å². The Hall–Kier alpha value is -1.35. The highest BCUT2D eigenvalue weighted by molar-refractivity contribution is 7.13. The van der Waals surface area contributed by atoms with Crippen LogP contribution in [-0.2, 0) is 19.3 Å². The Morgan fingerprint density at radius 1 is 1.25 bits per heavy atom. The standard InChI is InChI=1S/C17H22N2S/c1-2-3-9-14-12-20-17(18-14)19-16-11-6-8-13-7-4-5-10-15(13)16/h6,8,11-12H,2-5,7,9-10H2,1H3,(H,18,19). The van der Waals surface area contributed by atoms with Gasteiger partial charge in [0.05, 0.1) is 5.69 Å². The number of benzene rings is 1. The number of aromatic nitrogens is 1. The second kappa shape index (κ2) is 6.40. The van der Waals surface area contributed by atoms with Crippen LogP contribution in [0.3, 0.4) is 0 Å². The van der Waals surface area contributed by atoms with Gasteiger partial charge in [-0.25, -0.2) is 4.98 Å². The van der Waals surface area contributed by atoms with Crippen molar-refractivity contribution in [1.29, 1.82) is 0 Å². The summed E-state index contributed by atoms with van der Waals surface area (Å²) >= 11 is 1.72. The van der Waals surface area contributed by atoms with Crippen molar-refractivity contribution in [3.8, 4) is 0 Å². The molecule has 2 aromatic rings. The Bertz CT molecular complexity index is 574. The summed E-state index contributed by atoms with van der Waals surface area (Å²) in [5.74, 6) is 0. The Morgan fingerprint density at radius 2 is 2.15 bits per heavy atom. The minimum absolute atomic E-state index is 1.04. The van der Waals surface area contributed by atoms with Crippen molar-refractivity contribution < 1.29 is 0 Å². The second-order valence-electron chi connectivity index (χ2n) is 5.52. The first-order valence-corrected chi connectivity index (χ1v) is 8.57. The molecule has 1 aromatic carbocycles. The first-order valence-electron chi connectivity index (χ1n) is 7.69. The molecule has 1 aliphatic carbocycles. The number of aryl methyl sites for hydroxylation is 2. The van der Waals surface area contributed by atoms with Crippen LogP contribution in [0.2, 0.25) is 0 Å². The number of hydrogen-bond donors (Lipinski definition) is 1. The highest BCUT2D eigenvalue weighted by Gasteiger charge is 2.13. The molecule has 0 fully saturated rings. The highest BCUT2D eigenvalue weighted by Crippen LogP contribution is 2.31. The van der Waals surface area contributed by atoms with Gasteiger partial charge in [0.15, 0.2) is 5.13 Å². The lowest BCUT2D eigenvalue weighted by Gasteiger charge is -2.19. The van der Waals surface area contributed by atoms with Crippen LogP contribution in [0, 0.1) is 0 Å². The van der Waals surface area contributed by atoms with Gasteiger partial charge in [-0.1, -0.05) is 25.5 Å². The lowest BCUT2D eigenvalue weighted by molar-refractivity contribution is 0.687. The topological polar surface area (TPSA) is 24.9 Å². The third-order valence-electron chi connectivity index (χ3n) is 3.98. The van der Waals surface area contributed by atoms with E-state index in [0.29, 0.717) is 0 Å². The summed E-state index contributed by atoms with van der Waals surface area (Å²) in [4.78, 5) is 4.70. The summed E-state index contributed by atoms with van der Waals surface area (Å²) in [6, 6.07) is 6.63. The van der Waals surface area contributed by atoms with E-state index in [1.54, 1.807) is 11.3 Å². The molecule has 0 saturated heterocycles. The summed E-state index contributed by atoms with van der Waals surface area (Å²) in [7, 11) is 0. The van der Waals surface area contributed by atoms with Crippen LogP contribution in [-0.4, -0.2) is 4.98 Å². The van der Waals surface area contributed by atoms with Gasteiger partial charge in [0.2, 0.25) is 0 Å². The maximum Gasteiger partial charge on any atom is 0.187 e. The van der Waals surface area contributed by atoms with Crippen LogP contribution in [0.25, 0.3) is 0 Å². The molecule has 0 spiro atoms. The second-order valence-corrected chi connectivity index (χ2v) is 6.38. The number of rotatable bonds is 5. The van der Waals surface area contributed by atoms with Gasteiger partial charge in [-0.2, -0.15) is 0 Å². The average molecular weight is 286 g/mol. The number of unbranched alkanes of at least 4 members (excludes halogenated alkanes) is 1. The SMILES string of the molecule is CCCCc1csc(Nc2cccc3c2CCCC3)n1.